The SMILES string of the molecule is CCN1CCCC1CNC(N)=NCc1cccc(OCC(C)C)c1.I. The molecule has 0 saturated carbocycles. The van der Waals surface area contributed by atoms with Crippen LogP contribution < -0.4 is 15.8 Å². The highest BCUT2D eigenvalue weighted by atomic mass is 127. The van der Waals surface area contributed by atoms with E-state index < -0.39 is 0 Å². The Morgan fingerprint density at radius 3 is 2.96 bits per heavy atom. The summed E-state index contributed by atoms with van der Waals surface area (Å²) in [5.41, 5.74) is 7.12. The molecule has 1 aromatic carbocycles. The smallest absolute Gasteiger partial charge is 0.188 e. The second-order valence-electron chi connectivity index (χ2n) is 6.86. The number of rotatable bonds is 8. The van der Waals surface area contributed by atoms with Gasteiger partial charge < -0.3 is 15.8 Å². The van der Waals surface area contributed by atoms with Gasteiger partial charge in [-0.2, -0.15) is 0 Å². The van der Waals surface area contributed by atoms with E-state index in [0.717, 1.165) is 31.0 Å². The molecule has 5 nitrogen and oxygen atoms in total. The third-order valence-electron chi connectivity index (χ3n) is 4.34. The lowest BCUT2D eigenvalue weighted by molar-refractivity contribution is 0.267. The minimum absolute atomic E-state index is 0. The lowest BCUT2D eigenvalue weighted by atomic mass is 10.2. The number of likely N-dealkylation sites (N-methyl/N-ethyl adjacent to an activating group) is 1. The van der Waals surface area contributed by atoms with Crippen LogP contribution in [0, 0.1) is 5.92 Å². The number of aliphatic imine (C=N–C) groups is 1. The highest BCUT2D eigenvalue weighted by molar-refractivity contribution is 14.0. The Kier molecular flexibility index (Phi) is 10.2. The van der Waals surface area contributed by atoms with Crippen molar-refractivity contribution in [3.63, 3.8) is 0 Å². The third kappa shape index (κ3) is 7.81. The Hall–Kier alpha value is -1.02. The van der Waals surface area contributed by atoms with Crippen LogP contribution in [-0.2, 0) is 6.54 Å². The molecular weight excluding hydrogens is 427 g/mol. The third-order valence-corrected chi connectivity index (χ3v) is 4.34. The number of ether oxygens (including phenoxy) is 1. The number of likely N-dealkylation sites (tertiary alicyclic amines) is 1. The normalized spacial score (nSPS) is 18.2. The largest absolute Gasteiger partial charge is 0.493 e. The van der Waals surface area contributed by atoms with Crippen molar-refractivity contribution >= 4 is 29.9 Å². The molecule has 142 valence electrons. The quantitative estimate of drug-likeness (QED) is 0.355. The molecular formula is C19H33IN4O. The summed E-state index contributed by atoms with van der Waals surface area (Å²) in [6.07, 6.45) is 2.52. The zero-order chi connectivity index (χ0) is 17.4. The summed E-state index contributed by atoms with van der Waals surface area (Å²) < 4.78 is 5.75. The summed E-state index contributed by atoms with van der Waals surface area (Å²) in [5, 5.41) is 3.27. The second kappa shape index (κ2) is 11.6. The average molecular weight is 460 g/mol. The molecule has 0 radical (unpaired) electrons. The summed E-state index contributed by atoms with van der Waals surface area (Å²) in [4.78, 5) is 6.95. The Balaban J connectivity index is 0.00000312. The molecule has 25 heavy (non-hydrogen) atoms. The van der Waals surface area contributed by atoms with Gasteiger partial charge in [-0.3, -0.25) is 4.90 Å². The molecule has 3 N–H and O–H groups in total. The fourth-order valence-electron chi connectivity index (χ4n) is 2.99. The van der Waals surface area contributed by atoms with Gasteiger partial charge in [0, 0.05) is 12.6 Å². The summed E-state index contributed by atoms with van der Waals surface area (Å²) >= 11 is 0. The van der Waals surface area contributed by atoms with E-state index >= 15 is 0 Å². The summed E-state index contributed by atoms with van der Waals surface area (Å²) in [7, 11) is 0. The van der Waals surface area contributed by atoms with Gasteiger partial charge in [-0.05, 0) is 49.5 Å². The predicted octanol–water partition coefficient (Wildman–Crippen LogP) is 3.23. The first-order valence-corrected chi connectivity index (χ1v) is 9.08. The van der Waals surface area contributed by atoms with E-state index in [1.54, 1.807) is 0 Å². The Bertz CT molecular complexity index is 536. The Labute approximate surface area is 169 Å². The molecule has 1 aliphatic rings. The van der Waals surface area contributed by atoms with E-state index in [1.807, 2.05) is 18.2 Å². The standard InChI is InChI=1S/C19H32N4O.HI/c1-4-23-10-6-8-17(23)13-22-19(20)21-12-16-7-5-9-18(11-16)24-14-15(2)3;/h5,7,9,11,15,17H,4,6,8,10,12-14H2,1-3H3,(H3,20,21,22);1H. The molecule has 1 heterocycles. The lowest BCUT2D eigenvalue weighted by Gasteiger charge is -2.23. The molecule has 0 aromatic heterocycles. The molecule has 0 spiro atoms. The molecule has 0 bridgehead atoms. The number of halogens is 1. The van der Waals surface area contributed by atoms with Gasteiger partial charge in [0.05, 0.1) is 13.2 Å². The van der Waals surface area contributed by atoms with Crippen molar-refractivity contribution in [2.45, 2.75) is 46.2 Å². The minimum Gasteiger partial charge on any atom is -0.493 e. The number of hydrogen-bond acceptors (Lipinski definition) is 3. The van der Waals surface area contributed by atoms with Crippen LogP contribution in [0.15, 0.2) is 29.3 Å². The van der Waals surface area contributed by atoms with Gasteiger partial charge in [0.1, 0.15) is 5.75 Å². The predicted molar refractivity (Wildman–Crippen MR) is 116 cm³/mol. The van der Waals surface area contributed by atoms with Crippen molar-refractivity contribution < 1.29 is 4.74 Å². The van der Waals surface area contributed by atoms with E-state index in [4.69, 9.17) is 10.5 Å². The number of guanidine groups is 1. The molecule has 0 aliphatic carbocycles. The van der Waals surface area contributed by atoms with Crippen LogP contribution >= 0.6 is 24.0 Å². The molecule has 2 rings (SSSR count). The van der Waals surface area contributed by atoms with Crippen LogP contribution in [0.3, 0.4) is 0 Å². The van der Waals surface area contributed by atoms with Crippen molar-refractivity contribution in [3.05, 3.63) is 29.8 Å². The van der Waals surface area contributed by atoms with Gasteiger partial charge in [0.15, 0.2) is 5.96 Å². The van der Waals surface area contributed by atoms with Crippen LogP contribution in [-0.4, -0.2) is 43.1 Å². The van der Waals surface area contributed by atoms with Crippen LogP contribution in [0.5, 0.6) is 5.75 Å². The number of nitrogens with zero attached hydrogens (tertiary/aromatic N) is 2. The Morgan fingerprint density at radius 1 is 1.44 bits per heavy atom. The maximum atomic E-state index is 6.01. The van der Waals surface area contributed by atoms with Crippen molar-refractivity contribution in [3.8, 4) is 5.75 Å². The number of benzene rings is 1. The summed E-state index contributed by atoms with van der Waals surface area (Å²) in [6.45, 7) is 11.0. The maximum absolute atomic E-state index is 6.01. The second-order valence-corrected chi connectivity index (χ2v) is 6.86. The first kappa shape index (κ1) is 22.0. The zero-order valence-corrected chi connectivity index (χ0v) is 18.0. The van der Waals surface area contributed by atoms with Crippen molar-refractivity contribution in [1.82, 2.24) is 10.2 Å². The monoisotopic (exact) mass is 460 g/mol. The van der Waals surface area contributed by atoms with Gasteiger partial charge >= 0.3 is 0 Å². The van der Waals surface area contributed by atoms with Crippen LogP contribution in [0.25, 0.3) is 0 Å². The van der Waals surface area contributed by atoms with Crippen LogP contribution in [0.4, 0.5) is 0 Å². The van der Waals surface area contributed by atoms with E-state index in [0.29, 0.717) is 24.5 Å². The molecule has 1 atom stereocenters. The lowest BCUT2D eigenvalue weighted by Crippen LogP contribution is -2.42. The molecule has 0 amide bonds. The van der Waals surface area contributed by atoms with E-state index in [2.05, 4.69) is 42.0 Å². The molecule has 1 aliphatic heterocycles. The van der Waals surface area contributed by atoms with Gasteiger partial charge in [-0.25, -0.2) is 4.99 Å². The highest BCUT2D eigenvalue weighted by Crippen LogP contribution is 2.16. The van der Waals surface area contributed by atoms with Crippen LogP contribution in [0.1, 0.15) is 39.2 Å². The van der Waals surface area contributed by atoms with Gasteiger partial charge in [-0.1, -0.05) is 32.9 Å². The molecule has 1 saturated heterocycles. The summed E-state index contributed by atoms with van der Waals surface area (Å²) in [5.74, 6) is 1.93. The van der Waals surface area contributed by atoms with E-state index in [9.17, 15) is 0 Å². The van der Waals surface area contributed by atoms with Gasteiger partial charge in [0.2, 0.25) is 0 Å². The topological polar surface area (TPSA) is 62.9 Å². The number of hydrogen-bond donors (Lipinski definition) is 2. The average Bonchev–Trinajstić information content (AvgIpc) is 3.04. The Morgan fingerprint density at radius 2 is 2.24 bits per heavy atom. The molecule has 1 aromatic rings. The fraction of sp³-hybridized carbons (Fsp3) is 0.632. The number of nitrogens with one attached hydrogen (secondary N) is 1. The molecule has 1 fully saturated rings. The first-order chi connectivity index (χ1) is 11.6. The zero-order valence-electron chi connectivity index (χ0n) is 15.7. The van der Waals surface area contributed by atoms with Crippen molar-refractivity contribution in [2.24, 2.45) is 16.6 Å². The van der Waals surface area contributed by atoms with Gasteiger partial charge in [0.25, 0.3) is 0 Å². The summed E-state index contributed by atoms with van der Waals surface area (Å²) in [6, 6.07) is 8.65. The van der Waals surface area contributed by atoms with E-state index in [-0.39, 0.29) is 24.0 Å². The van der Waals surface area contributed by atoms with Crippen LogP contribution in [0.2, 0.25) is 0 Å². The first-order valence-electron chi connectivity index (χ1n) is 9.08. The number of nitrogens with two attached hydrogens (primary N) is 1. The highest BCUT2D eigenvalue weighted by Gasteiger charge is 2.22. The van der Waals surface area contributed by atoms with Gasteiger partial charge in [-0.15, -0.1) is 24.0 Å². The maximum Gasteiger partial charge on any atom is 0.188 e. The van der Waals surface area contributed by atoms with E-state index in [1.165, 1.54) is 19.4 Å². The molecule has 1 unspecified atom stereocenters. The molecule has 6 heteroatoms. The fourth-order valence-corrected chi connectivity index (χ4v) is 2.99. The van der Waals surface area contributed by atoms with Crippen molar-refractivity contribution in [1.29, 1.82) is 0 Å². The van der Waals surface area contributed by atoms with Crippen molar-refractivity contribution in [2.75, 3.05) is 26.2 Å². The minimum atomic E-state index is 0.